The molecule has 2 heterocycles. The monoisotopic (exact) mass is 255 g/mol. The first-order valence-corrected chi connectivity index (χ1v) is 7.40. The number of rotatable bonds is 4. The Morgan fingerprint density at radius 1 is 1.50 bits per heavy atom. The molecule has 0 spiro atoms. The van der Waals surface area contributed by atoms with Crippen LogP contribution < -0.4 is 5.32 Å². The van der Waals surface area contributed by atoms with Crippen molar-refractivity contribution in [2.45, 2.75) is 38.5 Å². The molecule has 0 radical (unpaired) electrons. The van der Waals surface area contributed by atoms with Gasteiger partial charge < -0.3 is 5.32 Å². The Morgan fingerprint density at radius 3 is 3.00 bits per heavy atom. The number of nitrogens with zero attached hydrogens (tertiary/aromatic N) is 2. The van der Waals surface area contributed by atoms with Crippen LogP contribution in [0.4, 0.5) is 0 Å². The van der Waals surface area contributed by atoms with Crippen LogP contribution in [0.5, 0.6) is 0 Å². The van der Waals surface area contributed by atoms with E-state index >= 15 is 0 Å². The summed E-state index contributed by atoms with van der Waals surface area (Å²) in [5, 5.41) is 6.27. The maximum atomic E-state index is 4.48. The second kappa shape index (κ2) is 5.68. The van der Waals surface area contributed by atoms with Crippen molar-refractivity contribution in [2.24, 2.45) is 4.99 Å². The van der Waals surface area contributed by atoms with Gasteiger partial charge in [-0.25, -0.2) is 4.98 Å². The highest BCUT2D eigenvalue weighted by molar-refractivity contribution is 8.14. The van der Waals surface area contributed by atoms with Gasteiger partial charge in [0.25, 0.3) is 0 Å². The van der Waals surface area contributed by atoms with Gasteiger partial charge in [-0.15, -0.1) is 11.3 Å². The molecule has 0 saturated heterocycles. The minimum Gasteiger partial charge on any atom is -0.358 e. The Hall–Kier alpha value is -0.550. The van der Waals surface area contributed by atoms with Gasteiger partial charge in [-0.05, 0) is 12.8 Å². The first-order valence-electron chi connectivity index (χ1n) is 5.70. The Labute approximate surface area is 105 Å². The molecule has 3 nitrogen and oxygen atoms in total. The molecule has 0 aliphatic carbocycles. The summed E-state index contributed by atoms with van der Waals surface area (Å²) in [4.78, 5) is 10.2. The Balaban J connectivity index is 1.79. The van der Waals surface area contributed by atoms with Crippen molar-refractivity contribution in [1.29, 1.82) is 0 Å². The number of aromatic nitrogens is 1. The number of hydrogen-bond donors (Lipinski definition) is 1. The van der Waals surface area contributed by atoms with Crippen molar-refractivity contribution in [3.8, 4) is 0 Å². The SMILES string of the molecule is CCc1cnc(CNC2=NCC(CC)S2)s1. The number of thiazole rings is 1. The van der Waals surface area contributed by atoms with Crippen LogP contribution in [0.2, 0.25) is 0 Å². The van der Waals surface area contributed by atoms with E-state index in [4.69, 9.17) is 0 Å². The van der Waals surface area contributed by atoms with Crippen molar-refractivity contribution in [3.63, 3.8) is 0 Å². The van der Waals surface area contributed by atoms with Crippen LogP contribution in [0.15, 0.2) is 11.2 Å². The van der Waals surface area contributed by atoms with Gasteiger partial charge in [0, 0.05) is 16.3 Å². The molecule has 1 N–H and O–H groups in total. The molecule has 0 saturated carbocycles. The smallest absolute Gasteiger partial charge is 0.157 e. The summed E-state index contributed by atoms with van der Waals surface area (Å²) in [6, 6.07) is 0. The zero-order valence-corrected chi connectivity index (χ0v) is 11.3. The highest BCUT2D eigenvalue weighted by Gasteiger charge is 2.17. The maximum Gasteiger partial charge on any atom is 0.157 e. The highest BCUT2D eigenvalue weighted by atomic mass is 32.2. The quantitative estimate of drug-likeness (QED) is 0.899. The van der Waals surface area contributed by atoms with E-state index in [2.05, 4.69) is 29.1 Å². The van der Waals surface area contributed by atoms with Crippen LogP contribution in [-0.2, 0) is 13.0 Å². The van der Waals surface area contributed by atoms with Crippen LogP contribution >= 0.6 is 23.1 Å². The van der Waals surface area contributed by atoms with Crippen molar-refractivity contribution >= 4 is 28.3 Å². The van der Waals surface area contributed by atoms with Gasteiger partial charge in [-0.1, -0.05) is 25.6 Å². The van der Waals surface area contributed by atoms with Gasteiger partial charge in [-0.2, -0.15) is 0 Å². The average molecular weight is 255 g/mol. The molecule has 16 heavy (non-hydrogen) atoms. The fourth-order valence-corrected chi connectivity index (χ4v) is 3.21. The van der Waals surface area contributed by atoms with Crippen LogP contribution in [0.25, 0.3) is 0 Å². The molecular formula is C11H17N3S2. The summed E-state index contributed by atoms with van der Waals surface area (Å²) in [6.07, 6.45) is 4.24. The number of thioether (sulfide) groups is 1. The van der Waals surface area contributed by atoms with E-state index in [0.717, 1.165) is 29.7 Å². The lowest BCUT2D eigenvalue weighted by Crippen LogP contribution is -2.18. The number of aliphatic imine (C=N–C) groups is 1. The van der Waals surface area contributed by atoms with E-state index in [-0.39, 0.29) is 0 Å². The second-order valence-electron chi connectivity index (χ2n) is 3.72. The first kappa shape index (κ1) is 11.9. The zero-order chi connectivity index (χ0) is 11.4. The van der Waals surface area contributed by atoms with E-state index < -0.39 is 0 Å². The fraction of sp³-hybridized carbons (Fsp3) is 0.636. The van der Waals surface area contributed by atoms with Gasteiger partial charge >= 0.3 is 0 Å². The predicted octanol–water partition coefficient (Wildman–Crippen LogP) is 2.68. The van der Waals surface area contributed by atoms with Crippen molar-refractivity contribution < 1.29 is 0 Å². The Morgan fingerprint density at radius 2 is 2.38 bits per heavy atom. The summed E-state index contributed by atoms with van der Waals surface area (Å²) in [5.41, 5.74) is 0. The van der Waals surface area contributed by atoms with Gasteiger partial charge in [-0.3, -0.25) is 4.99 Å². The molecule has 0 amide bonds. The highest BCUT2D eigenvalue weighted by Crippen LogP contribution is 2.22. The molecule has 0 aromatic carbocycles. The van der Waals surface area contributed by atoms with Crippen LogP contribution in [-0.4, -0.2) is 21.9 Å². The molecule has 88 valence electrons. The predicted molar refractivity (Wildman–Crippen MR) is 72.3 cm³/mol. The molecule has 0 bridgehead atoms. The normalized spacial score (nSPS) is 19.9. The summed E-state index contributed by atoms with van der Waals surface area (Å²) in [6.45, 7) is 6.15. The average Bonchev–Trinajstić information content (AvgIpc) is 2.95. The lowest BCUT2D eigenvalue weighted by Gasteiger charge is -2.04. The van der Waals surface area contributed by atoms with E-state index in [1.807, 2.05) is 18.0 Å². The summed E-state index contributed by atoms with van der Waals surface area (Å²) < 4.78 is 0. The molecule has 1 aliphatic rings. The third kappa shape index (κ3) is 2.98. The molecule has 5 heteroatoms. The number of aryl methyl sites for hydroxylation is 1. The van der Waals surface area contributed by atoms with Gasteiger partial charge in [0.05, 0.1) is 13.1 Å². The molecule has 0 fully saturated rings. The fourth-order valence-electron chi connectivity index (χ4n) is 1.47. The molecule has 1 aromatic heterocycles. The number of hydrogen-bond acceptors (Lipinski definition) is 5. The van der Waals surface area contributed by atoms with Gasteiger partial charge in [0.15, 0.2) is 5.17 Å². The zero-order valence-electron chi connectivity index (χ0n) is 9.69. The molecule has 1 unspecified atom stereocenters. The largest absolute Gasteiger partial charge is 0.358 e. The molecule has 1 atom stereocenters. The number of amidine groups is 1. The number of nitrogens with one attached hydrogen (secondary N) is 1. The minimum atomic E-state index is 0.671. The van der Waals surface area contributed by atoms with Gasteiger partial charge in [0.2, 0.25) is 0 Å². The lowest BCUT2D eigenvalue weighted by atomic mass is 10.3. The van der Waals surface area contributed by atoms with E-state index in [1.54, 1.807) is 11.3 Å². The van der Waals surface area contributed by atoms with Crippen molar-refractivity contribution in [1.82, 2.24) is 10.3 Å². The molecule has 1 aromatic rings. The van der Waals surface area contributed by atoms with E-state index in [0.29, 0.717) is 5.25 Å². The molecular weight excluding hydrogens is 238 g/mol. The van der Waals surface area contributed by atoms with Crippen LogP contribution in [0, 0.1) is 0 Å². The molecule has 2 rings (SSSR count). The van der Waals surface area contributed by atoms with E-state index in [1.165, 1.54) is 11.3 Å². The first-order chi connectivity index (χ1) is 7.81. The van der Waals surface area contributed by atoms with Gasteiger partial charge in [0.1, 0.15) is 5.01 Å². The third-order valence-corrected chi connectivity index (χ3v) is 4.97. The Kier molecular flexibility index (Phi) is 4.23. The summed E-state index contributed by atoms with van der Waals surface area (Å²) in [5.74, 6) is 0. The van der Waals surface area contributed by atoms with Crippen molar-refractivity contribution in [3.05, 3.63) is 16.1 Å². The minimum absolute atomic E-state index is 0.671. The lowest BCUT2D eigenvalue weighted by molar-refractivity contribution is 0.839. The maximum absolute atomic E-state index is 4.48. The summed E-state index contributed by atoms with van der Waals surface area (Å²) in [7, 11) is 0. The Bertz CT molecular complexity index is 373. The molecule has 1 aliphatic heterocycles. The second-order valence-corrected chi connectivity index (χ2v) is 6.21. The van der Waals surface area contributed by atoms with Crippen LogP contribution in [0.1, 0.15) is 30.2 Å². The van der Waals surface area contributed by atoms with E-state index in [9.17, 15) is 0 Å². The van der Waals surface area contributed by atoms with Crippen molar-refractivity contribution in [2.75, 3.05) is 6.54 Å². The van der Waals surface area contributed by atoms with Crippen LogP contribution in [0.3, 0.4) is 0 Å². The standard InChI is InChI=1S/C11H17N3S2/c1-3-8-5-12-10(15-8)7-14-11-13-6-9(4-2)16-11/h5,9H,3-4,6-7H2,1-2H3,(H,13,14). The third-order valence-electron chi connectivity index (χ3n) is 2.51. The summed E-state index contributed by atoms with van der Waals surface area (Å²) >= 11 is 3.64. The topological polar surface area (TPSA) is 37.3 Å².